The first-order chi connectivity index (χ1) is 7.15. The molecule has 0 saturated carbocycles. The fourth-order valence-electron chi connectivity index (χ4n) is 1.73. The smallest absolute Gasteiger partial charge is 0.0207 e. The Labute approximate surface area is 101 Å². The first kappa shape index (κ1) is 12.7. The van der Waals surface area contributed by atoms with Crippen LogP contribution in [0.4, 0.5) is 0 Å². The average Bonchev–Trinajstić information content (AvgIpc) is 2.20. The van der Waals surface area contributed by atoms with Gasteiger partial charge in [0.1, 0.15) is 0 Å². The van der Waals surface area contributed by atoms with E-state index >= 15 is 0 Å². The Balaban J connectivity index is 2.57. The van der Waals surface area contributed by atoms with Crippen LogP contribution < -0.4 is 5.32 Å². The van der Waals surface area contributed by atoms with Crippen LogP contribution in [0.3, 0.4) is 0 Å². The number of rotatable bonds is 5. The van der Waals surface area contributed by atoms with Gasteiger partial charge in [-0.3, -0.25) is 0 Å². The Hall–Kier alpha value is -0.340. The van der Waals surface area contributed by atoms with E-state index in [0.29, 0.717) is 0 Å². The second-order valence-corrected chi connectivity index (χ2v) is 4.94. The van der Waals surface area contributed by atoms with Gasteiger partial charge >= 0.3 is 0 Å². The molecule has 0 amide bonds. The molecule has 0 aliphatic carbocycles. The lowest BCUT2D eigenvalue weighted by Gasteiger charge is -2.08. The predicted molar refractivity (Wildman–Crippen MR) is 70.5 cm³/mol. The molecule has 0 aliphatic heterocycles. The van der Waals surface area contributed by atoms with Crippen molar-refractivity contribution in [1.29, 1.82) is 0 Å². The minimum absolute atomic E-state index is 1.12. The third-order valence-electron chi connectivity index (χ3n) is 2.74. The van der Waals surface area contributed by atoms with Crippen molar-refractivity contribution in [3.63, 3.8) is 0 Å². The number of hydrogen-bond acceptors (Lipinski definition) is 1. The summed E-state index contributed by atoms with van der Waals surface area (Å²) in [7, 11) is 2.01. The van der Waals surface area contributed by atoms with Crippen LogP contribution in [0.2, 0.25) is 0 Å². The molecule has 1 aromatic carbocycles. The molecule has 1 nitrogen and oxygen atoms in total. The zero-order valence-electron chi connectivity index (χ0n) is 9.86. The number of halogens is 1. The lowest BCUT2D eigenvalue weighted by molar-refractivity contribution is 0.676. The number of unbranched alkanes of at least 4 members (excludes halogenated alkanes) is 1. The fourth-order valence-corrected chi connectivity index (χ4v) is 2.19. The minimum atomic E-state index is 1.12. The van der Waals surface area contributed by atoms with Crippen LogP contribution in [0.5, 0.6) is 0 Å². The molecule has 0 saturated heterocycles. The van der Waals surface area contributed by atoms with E-state index in [-0.39, 0.29) is 0 Å². The highest BCUT2D eigenvalue weighted by molar-refractivity contribution is 9.10. The van der Waals surface area contributed by atoms with Crippen LogP contribution in [0.1, 0.15) is 29.5 Å². The molecular weight excluding hydrogens is 250 g/mol. The van der Waals surface area contributed by atoms with Gasteiger partial charge in [0, 0.05) is 4.47 Å². The van der Waals surface area contributed by atoms with Gasteiger partial charge in [-0.15, -0.1) is 0 Å². The van der Waals surface area contributed by atoms with E-state index < -0.39 is 0 Å². The molecular formula is C13H20BrN. The quantitative estimate of drug-likeness (QED) is 0.806. The highest BCUT2D eigenvalue weighted by Gasteiger charge is 2.02. The van der Waals surface area contributed by atoms with Crippen LogP contribution >= 0.6 is 15.9 Å². The maximum atomic E-state index is 3.56. The SMILES string of the molecule is CNCCCCc1cc(C)c(Br)cc1C. The molecule has 0 unspecified atom stereocenters. The lowest BCUT2D eigenvalue weighted by atomic mass is 10.0. The van der Waals surface area contributed by atoms with E-state index in [1.54, 1.807) is 0 Å². The van der Waals surface area contributed by atoms with E-state index in [9.17, 15) is 0 Å². The van der Waals surface area contributed by atoms with E-state index in [0.717, 1.165) is 6.54 Å². The third kappa shape index (κ3) is 3.96. The summed E-state index contributed by atoms with van der Waals surface area (Å²) in [6, 6.07) is 4.53. The van der Waals surface area contributed by atoms with Crippen molar-refractivity contribution in [3.05, 3.63) is 33.3 Å². The van der Waals surface area contributed by atoms with Crippen molar-refractivity contribution in [2.75, 3.05) is 13.6 Å². The standard InChI is InChI=1S/C13H20BrN/c1-10-9-13(14)11(2)8-12(10)6-4-5-7-15-3/h8-9,15H,4-7H2,1-3H3. The highest BCUT2D eigenvalue weighted by atomic mass is 79.9. The molecule has 1 aromatic rings. The number of aryl methyl sites for hydroxylation is 3. The minimum Gasteiger partial charge on any atom is -0.320 e. The summed E-state index contributed by atoms with van der Waals surface area (Å²) in [4.78, 5) is 0. The van der Waals surface area contributed by atoms with E-state index in [1.165, 1.54) is 40.4 Å². The Bertz CT molecular complexity index is 321. The maximum absolute atomic E-state index is 3.56. The molecule has 0 bridgehead atoms. The van der Waals surface area contributed by atoms with Crippen LogP contribution in [-0.2, 0) is 6.42 Å². The van der Waals surface area contributed by atoms with Gasteiger partial charge in [0.05, 0.1) is 0 Å². The third-order valence-corrected chi connectivity index (χ3v) is 3.59. The average molecular weight is 270 g/mol. The van der Waals surface area contributed by atoms with Crippen molar-refractivity contribution in [2.24, 2.45) is 0 Å². The molecule has 0 aromatic heterocycles. The van der Waals surface area contributed by atoms with Gasteiger partial charge in [0.25, 0.3) is 0 Å². The summed E-state index contributed by atoms with van der Waals surface area (Å²) in [6.45, 7) is 5.47. The zero-order chi connectivity index (χ0) is 11.3. The zero-order valence-corrected chi connectivity index (χ0v) is 11.4. The van der Waals surface area contributed by atoms with Gasteiger partial charge in [-0.05, 0) is 69.5 Å². The van der Waals surface area contributed by atoms with Gasteiger partial charge in [-0.2, -0.15) is 0 Å². The van der Waals surface area contributed by atoms with Crippen molar-refractivity contribution in [3.8, 4) is 0 Å². The maximum Gasteiger partial charge on any atom is 0.0207 e. The first-order valence-electron chi connectivity index (χ1n) is 5.55. The highest BCUT2D eigenvalue weighted by Crippen LogP contribution is 2.22. The van der Waals surface area contributed by atoms with Gasteiger partial charge in [0.15, 0.2) is 0 Å². The van der Waals surface area contributed by atoms with Crippen LogP contribution in [0.25, 0.3) is 0 Å². The number of benzene rings is 1. The summed E-state index contributed by atoms with van der Waals surface area (Å²) in [5.41, 5.74) is 4.23. The van der Waals surface area contributed by atoms with Crippen LogP contribution in [-0.4, -0.2) is 13.6 Å². The topological polar surface area (TPSA) is 12.0 Å². The summed E-state index contributed by atoms with van der Waals surface area (Å²) in [5.74, 6) is 0. The van der Waals surface area contributed by atoms with Crippen molar-refractivity contribution >= 4 is 15.9 Å². The van der Waals surface area contributed by atoms with Crippen LogP contribution in [0, 0.1) is 13.8 Å². The van der Waals surface area contributed by atoms with E-state index in [1.807, 2.05) is 7.05 Å². The predicted octanol–water partition coefficient (Wildman–Crippen LogP) is 3.61. The number of nitrogens with one attached hydrogen (secondary N) is 1. The normalized spacial score (nSPS) is 10.7. The van der Waals surface area contributed by atoms with Gasteiger partial charge in [-0.1, -0.05) is 22.0 Å². The molecule has 0 radical (unpaired) electrons. The van der Waals surface area contributed by atoms with E-state index in [4.69, 9.17) is 0 Å². The molecule has 0 atom stereocenters. The van der Waals surface area contributed by atoms with Gasteiger partial charge in [-0.25, -0.2) is 0 Å². The second-order valence-electron chi connectivity index (χ2n) is 4.09. The Morgan fingerprint density at radius 2 is 1.87 bits per heavy atom. The Kier molecular flexibility index (Phi) is 5.34. The van der Waals surface area contributed by atoms with Gasteiger partial charge < -0.3 is 5.32 Å². The lowest BCUT2D eigenvalue weighted by Crippen LogP contribution is -2.07. The largest absolute Gasteiger partial charge is 0.320 e. The van der Waals surface area contributed by atoms with Crippen LogP contribution in [0.15, 0.2) is 16.6 Å². The van der Waals surface area contributed by atoms with Gasteiger partial charge in [0.2, 0.25) is 0 Å². The first-order valence-corrected chi connectivity index (χ1v) is 6.34. The monoisotopic (exact) mass is 269 g/mol. The van der Waals surface area contributed by atoms with Crippen molar-refractivity contribution < 1.29 is 0 Å². The van der Waals surface area contributed by atoms with E-state index in [2.05, 4.69) is 47.2 Å². The molecule has 0 spiro atoms. The summed E-state index contributed by atoms with van der Waals surface area (Å²) in [5, 5.41) is 3.18. The molecule has 84 valence electrons. The molecule has 0 fully saturated rings. The summed E-state index contributed by atoms with van der Waals surface area (Å²) >= 11 is 3.56. The number of hydrogen-bond donors (Lipinski definition) is 1. The summed E-state index contributed by atoms with van der Waals surface area (Å²) < 4.78 is 1.22. The molecule has 0 aliphatic rings. The molecule has 2 heteroatoms. The fraction of sp³-hybridized carbons (Fsp3) is 0.538. The molecule has 1 N–H and O–H groups in total. The molecule has 0 heterocycles. The Morgan fingerprint density at radius 1 is 1.13 bits per heavy atom. The Morgan fingerprint density at radius 3 is 2.53 bits per heavy atom. The molecule has 15 heavy (non-hydrogen) atoms. The second kappa shape index (κ2) is 6.29. The molecule has 1 rings (SSSR count). The van der Waals surface area contributed by atoms with Crippen molar-refractivity contribution in [1.82, 2.24) is 5.32 Å². The summed E-state index contributed by atoms with van der Waals surface area (Å²) in [6.07, 6.45) is 3.72. The van der Waals surface area contributed by atoms with Crippen molar-refractivity contribution in [2.45, 2.75) is 33.1 Å².